The van der Waals surface area contributed by atoms with E-state index in [4.69, 9.17) is 11.6 Å². The number of fused-ring (bicyclic) bond motifs is 1. The molecule has 0 aliphatic heterocycles. The molecule has 1 amide bonds. The molecule has 0 saturated heterocycles. The summed E-state index contributed by atoms with van der Waals surface area (Å²) in [4.78, 5) is 14.5. The number of hydrogen-bond donors (Lipinski definition) is 1. The maximum Gasteiger partial charge on any atom is 0.265 e. The summed E-state index contributed by atoms with van der Waals surface area (Å²) in [6.07, 6.45) is 3.41. The Labute approximate surface area is 134 Å². The molecule has 1 aliphatic rings. The number of halogens is 1. The van der Waals surface area contributed by atoms with Gasteiger partial charge in [0.15, 0.2) is 0 Å². The molecule has 2 aromatic rings. The van der Waals surface area contributed by atoms with Crippen molar-refractivity contribution in [1.82, 2.24) is 0 Å². The van der Waals surface area contributed by atoms with Gasteiger partial charge < -0.3 is 5.32 Å². The zero-order chi connectivity index (χ0) is 15.0. The average Bonchev–Trinajstić information content (AvgIpc) is 2.85. The van der Waals surface area contributed by atoms with Gasteiger partial charge in [0, 0.05) is 4.88 Å². The molecule has 1 N–H and O–H groups in total. The van der Waals surface area contributed by atoms with E-state index < -0.39 is 0 Å². The van der Waals surface area contributed by atoms with Crippen LogP contribution in [-0.2, 0) is 12.8 Å². The molecule has 0 saturated carbocycles. The quantitative estimate of drug-likeness (QED) is 0.821. The average molecular weight is 320 g/mol. The molecule has 3 rings (SSSR count). The van der Waals surface area contributed by atoms with Gasteiger partial charge in [-0.05, 0) is 61.4 Å². The second-order valence-electron chi connectivity index (χ2n) is 5.84. The minimum Gasteiger partial charge on any atom is -0.320 e. The fraction of sp³-hybridized carbons (Fsp3) is 0.353. The normalized spacial score (nSPS) is 17.4. The largest absolute Gasteiger partial charge is 0.320 e. The molecule has 1 aromatic heterocycles. The molecular weight excluding hydrogens is 302 g/mol. The van der Waals surface area contributed by atoms with Gasteiger partial charge in [0.2, 0.25) is 0 Å². The van der Waals surface area contributed by atoms with Crippen LogP contribution < -0.4 is 5.32 Å². The molecule has 1 heterocycles. The van der Waals surface area contributed by atoms with Crippen LogP contribution in [0.5, 0.6) is 0 Å². The van der Waals surface area contributed by atoms with Gasteiger partial charge in [-0.25, -0.2) is 0 Å². The van der Waals surface area contributed by atoms with Gasteiger partial charge in [0.25, 0.3) is 5.91 Å². The first kappa shape index (κ1) is 14.6. The number of rotatable bonds is 2. The second kappa shape index (κ2) is 5.82. The lowest BCUT2D eigenvalue weighted by Crippen LogP contribution is -2.10. The summed E-state index contributed by atoms with van der Waals surface area (Å²) < 4.78 is 0. The lowest BCUT2D eigenvalue weighted by atomic mass is 9.90. The number of thiophene rings is 1. The van der Waals surface area contributed by atoms with E-state index in [0.29, 0.717) is 10.7 Å². The second-order valence-corrected chi connectivity index (χ2v) is 7.39. The highest BCUT2D eigenvalue weighted by molar-refractivity contribution is 7.14. The highest BCUT2D eigenvalue weighted by atomic mass is 35.5. The first-order chi connectivity index (χ1) is 10.0. The summed E-state index contributed by atoms with van der Waals surface area (Å²) >= 11 is 7.79. The fourth-order valence-corrected chi connectivity index (χ4v) is 4.11. The summed E-state index contributed by atoms with van der Waals surface area (Å²) in [6, 6.07) is 7.71. The molecule has 21 heavy (non-hydrogen) atoms. The molecule has 110 valence electrons. The van der Waals surface area contributed by atoms with Crippen LogP contribution in [0.3, 0.4) is 0 Å². The highest BCUT2D eigenvalue weighted by Crippen LogP contribution is 2.33. The Hall–Kier alpha value is -1.32. The summed E-state index contributed by atoms with van der Waals surface area (Å²) in [5.74, 6) is 0.655. The van der Waals surface area contributed by atoms with Crippen molar-refractivity contribution in [2.24, 2.45) is 5.92 Å². The minimum absolute atomic E-state index is 0.0622. The Morgan fingerprint density at radius 2 is 2.19 bits per heavy atom. The maximum absolute atomic E-state index is 12.4. The smallest absolute Gasteiger partial charge is 0.265 e. The van der Waals surface area contributed by atoms with Crippen molar-refractivity contribution in [3.05, 3.63) is 50.2 Å². The Morgan fingerprint density at radius 1 is 1.38 bits per heavy atom. The molecule has 0 radical (unpaired) electrons. The first-order valence-electron chi connectivity index (χ1n) is 7.22. The van der Waals surface area contributed by atoms with Crippen molar-refractivity contribution in [3.8, 4) is 0 Å². The number of aryl methyl sites for hydroxylation is 2. The number of carbonyl (C=O) groups excluding carboxylic acids is 1. The molecule has 2 nitrogen and oxygen atoms in total. The van der Waals surface area contributed by atoms with Crippen molar-refractivity contribution in [3.63, 3.8) is 0 Å². The van der Waals surface area contributed by atoms with Gasteiger partial charge in [-0.15, -0.1) is 11.3 Å². The Kier molecular flexibility index (Phi) is 4.05. The third-order valence-electron chi connectivity index (χ3n) is 3.93. The van der Waals surface area contributed by atoms with Crippen molar-refractivity contribution >= 4 is 34.5 Å². The SMILES string of the molecule is Cc1ccc(NC(=O)c2cc3c(s2)CCC(C)C3)c(Cl)c1. The van der Waals surface area contributed by atoms with Crippen LogP contribution in [0.4, 0.5) is 5.69 Å². The van der Waals surface area contributed by atoms with E-state index in [1.165, 1.54) is 16.9 Å². The van der Waals surface area contributed by atoms with Gasteiger partial charge >= 0.3 is 0 Å². The van der Waals surface area contributed by atoms with E-state index in [2.05, 4.69) is 12.2 Å². The van der Waals surface area contributed by atoms with Crippen LogP contribution in [0, 0.1) is 12.8 Å². The molecular formula is C17H18ClNOS. The van der Waals surface area contributed by atoms with Gasteiger partial charge in [-0.2, -0.15) is 0 Å². The van der Waals surface area contributed by atoms with Gasteiger partial charge in [0.1, 0.15) is 0 Å². The highest BCUT2D eigenvalue weighted by Gasteiger charge is 2.21. The number of anilines is 1. The Bertz CT molecular complexity index is 692. The van der Waals surface area contributed by atoms with Gasteiger partial charge in [-0.1, -0.05) is 24.6 Å². The van der Waals surface area contributed by atoms with E-state index in [-0.39, 0.29) is 5.91 Å². The molecule has 4 heteroatoms. The monoisotopic (exact) mass is 319 g/mol. The molecule has 0 fully saturated rings. The lowest BCUT2D eigenvalue weighted by Gasteiger charge is -2.16. The van der Waals surface area contributed by atoms with Crippen molar-refractivity contribution in [2.45, 2.75) is 33.1 Å². The van der Waals surface area contributed by atoms with Crippen LogP contribution in [-0.4, -0.2) is 5.91 Å². The van der Waals surface area contributed by atoms with Crippen molar-refractivity contribution in [2.75, 3.05) is 5.32 Å². The minimum atomic E-state index is -0.0622. The number of nitrogens with one attached hydrogen (secondary N) is 1. The molecule has 1 atom stereocenters. The summed E-state index contributed by atoms with van der Waals surface area (Å²) in [6.45, 7) is 4.25. The van der Waals surface area contributed by atoms with E-state index in [1.54, 1.807) is 11.3 Å². The Balaban J connectivity index is 1.79. The molecule has 1 aromatic carbocycles. The molecule has 1 aliphatic carbocycles. The topological polar surface area (TPSA) is 29.1 Å². The summed E-state index contributed by atoms with van der Waals surface area (Å²) in [5.41, 5.74) is 3.10. The Morgan fingerprint density at radius 3 is 2.95 bits per heavy atom. The standard InChI is InChI=1S/C17H18ClNOS/c1-10-4-6-15-12(7-10)9-16(21-15)17(20)19-14-5-3-11(2)8-13(14)18/h3,5,8-10H,4,6-7H2,1-2H3,(H,19,20). The fourth-order valence-electron chi connectivity index (χ4n) is 2.72. The number of carbonyl (C=O) groups is 1. The van der Waals surface area contributed by atoms with E-state index in [1.807, 2.05) is 31.2 Å². The van der Waals surface area contributed by atoms with Crippen LogP contribution in [0.15, 0.2) is 24.3 Å². The van der Waals surface area contributed by atoms with E-state index >= 15 is 0 Å². The van der Waals surface area contributed by atoms with Crippen molar-refractivity contribution < 1.29 is 4.79 Å². The van der Waals surface area contributed by atoms with E-state index in [9.17, 15) is 4.79 Å². The third-order valence-corrected chi connectivity index (χ3v) is 5.47. The predicted octanol–water partition coefficient (Wildman–Crippen LogP) is 5.09. The van der Waals surface area contributed by atoms with Crippen LogP contribution in [0.1, 0.15) is 39.0 Å². The van der Waals surface area contributed by atoms with Gasteiger partial charge in [-0.3, -0.25) is 4.79 Å². The van der Waals surface area contributed by atoms with Crippen LogP contribution in [0.2, 0.25) is 5.02 Å². The van der Waals surface area contributed by atoms with E-state index in [0.717, 1.165) is 29.2 Å². The number of amides is 1. The van der Waals surface area contributed by atoms with Crippen molar-refractivity contribution in [1.29, 1.82) is 0 Å². The zero-order valence-electron chi connectivity index (χ0n) is 12.2. The lowest BCUT2D eigenvalue weighted by molar-refractivity contribution is 0.103. The molecule has 0 spiro atoms. The maximum atomic E-state index is 12.4. The predicted molar refractivity (Wildman–Crippen MR) is 89.7 cm³/mol. The summed E-state index contributed by atoms with van der Waals surface area (Å²) in [5, 5.41) is 3.50. The van der Waals surface area contributed by atoms with Crippen LogP contribution in [0.25, 0.3) is 0 Å². The number of benzene rings is 1. The number of hydrogen-bond acceptors (Lipinski definition) is 2. The summed E-state index contributed by atoms with van der Waals surface area (Å²) in [7, 11) is 0. The van der Waals surface area contributed by atoms with Gasteiger partial charge in [0.05, 0.1) is 15.6 Å². The van der Waals surface area contributed by atoms with Crippen LogP contribution >= 0.6 is 22.9 Å². The first-order valence-corrected chi connectivity index (χ1v) is 8.41. The molecule has 0 bridgehead atoms. The molecule has 1 unspecified atom stereocenters. The zero-order valence-corrected chi connectivity index (χ0v) is 13.8. The third kappa shape index (κ3) is 3.14.